The van der Waals surface area contributed by atoms with Gasteiger partial charge in [-0.1, -0.05) is 61.7 Å². The van der Waals surface area contributed by atoms with Gasteiger partial charge in [0.15, 0.2) is 0 Å². The van der Waals surface area contributed by atoms with Crippen LogP contribution in [0.15, 0.2) is 60.8 Å². The molecule has 3 unspecified atom stereocenters. The van der Waals surface area contributed by atoms with Crippen LogP contribution in [0.3, 0.4) is 0 Å². The van der Waals surface area contributed by atoms with E-state index in [0.29, 0.717) is 17.8 Å². The van der Waals surface area contributed by atoms with Gasteiger partial charge in [0.2, 0.25) is 0 Å². The molecular formula is C34H42FN3O2S. The number of hydrogen-bond donors (Lipinski definition) is 1. The largest absolute Gasteiger partial charge is 0.480 e. The number of thiazole rings is 1. The number of benzene rings is 2. The van der Waals surface area contributed by atoms with Gasteiger partial charge in [0, 0.05) is 43.0 Å². The Morgan fingerprint density at radius 1 is 0.976 bits per heavy atom. The van der Waals surface area contributed by atoms with Crippen molar-refractivity contribution in [2.45, 2.75) is 69.2 Å². The Balaban J connectivity index is 1.08. The highest BCUT2D eigenvalue weighted by Gasteiger charge is 2.43. The molecule has 0 spiro atoms. The van der Waals surface area contributed by atoms with Crippen LogP contribution < -0.4 is 0 Å². The molecule has 6 rings (SSSR count). The maximum atomic E-state index is 13.3. The number of halogens is 1. The van der Waals surface area contributed by atoms with Crippen molar-refractivity contribution in [2.24, 2.45) is 11.8 Å². The molecule has 2 saturated heterocycles. The number of rotatable bonds is 9. The topological polar surface area (TPSA) is 56.7 Å². The Morgan fingerprint density at radius 2 is 1.71 bits per heavy atom. The van der Waals surface area contributed by atoms with Crippen LogP contribution in [0.1, 0.15) is 77.8 Å². The molecule has 3 aliphatic rings. The Morgan fingerprint density at radius 3 is 2.41 bits per heavy atom. The SMILES string of the molecule is O=C(O)C(C1CCCCC1)N1CC(CN2CCC(c3cnc(Cc4ccc(F)cc4)s3)CC2)C(c2ccccc2)C1. The molecule has 3 heterocycles. The van der Waals surface area contributed by atoms with Gasteiger partial charge in [0.05, 0.1) is 5.01 Å². The Kier molecular flexibility index (Phi) is 9.13. The maximum Gasteiger partial charge on any atom is 0.321 e. The standard InChI is InChI=1S/C34H42FN3O2S/c35-29-13-11-24(12-14-29)19-32-36-20-31(41-32)26-15-17-37(18-16-26)21-28-22-38(23-30(28)25-7-3-1-4-8-25)33(34(39)40)27-9-5-2-6-10-27/h1,3-4,7-8,11-14,20,26-28,30,33H,2,5-6,9-10,15-19,21-23H2,(H,39,40). The lowest BCUT2D eigenvalue weighted by Crippen LogP contribution is -2.46. The fraction of sp³-hybridized carbons (Fsp3) is 0.529. The molecule has 1 saturated carbocycles. The van der Waals surface area contributed by atoms with Crippen molar-refractivity contribution in [1.29, 1.82) is 0 Å². The second-order valence-electron chi connectivity index (χ2n) is 12.4. The van der Waals surface area contributed by atoms with Gasteiger partial charge in [-0.25, -0.2) is 9.37 Å². The van der Waals surface area contributed by atoms with Gasteiger partial charge in [0.25, 0.3) is 0 Å². The molecule has 0 amide bonds. The Bertz CT molecular complexity index is 1270. The van der Waals surface area contributed by atoms with Gasteiger partial charge in [-0.2, -0.15) is 0 Å². The molecule has 1 aromatic heterocycles. The molecule has 41 heavy (non-hydrogen) atoms. The highest BCUT2D eigenvalue weighted by Crippen LogP contribution is 2.39. The minimum absolute atomic E-state index is 0.202. The molecule has 3 aromatic rings. The van der Waals surface area contributed by atoms with E-state index >= 15 is 0 Å². The van der Waals surface area contributed by atoms with E-state index in [0.717, 1.165) is 88.2 Å². The molecule has 0 bridgehead atoms. The number of carbonyl (C=O) groups is 1. The molecule has 1 aliphatic carbocycles. The summed E-state index contributed by atoms with van der Waals surface area (Å²) in [6, 6.07) is 17.1. The molecule has 218 valence electrons. The zero-order valence-corrected chi connectivity index (χ0v) is 24.7. The van der Waals surface area contributed by atoms with E-state index in [1.165, 1.54) is 29.0 Å². The van der Waals surface area contributed by atoms with Crippen LogP contribution in [0, 0.1) is 17.7 Å². The molecule has 0 radical (unpaired) electrons. The second kappa shape index (κ2) is 13.1. The normalized spacial score (nSPS) is 24.0. The van der Waals surface area contributed by atoms with Crippen LogP contribution in [0.2, 0.25) is 0 Å². The van der Waals surface area contributed by atoms with Gasteiger partial charge in [-0.15, -0.1) is 11.3 Å². The van der Waals surface area contributed by atoms with E-state index in [-0.39, 0.29) is 17.8 Å². The summed E-state index contributed by atoms with van der Waals surface area (Å²) < 4.78 is 13.3. The first-order valence-corrected chi connectivity index (χ1v) is 16.3. The highest BCUT2D eigenvalue weighted by molar-refractivity contribution is 7.11. The first kappa shape index (κ1) is 28.5. The Hall–Kier alpha value is -2.61. The van der Waals surface area contributed by atoms with E-state index in [4.69, 9.17) is 0 Å². The van der Waals surface area contributed by atoms with E-state index in [1.54, 1.807) is 11.3 Å². The predicted octanol–water partition coefficient (Wildman–Crippen LogP) is 6.80. The summed E-state index contributed by atoms with van der Waals surface area (Å²) in [4.78, 5) is 23.6. The minimum Gasteiger partial charge on any atom is -0.480 e. The number of likely N-dealkylation sites (tertiary alicyclic amines) is 2. The van der Waals surface area contributed by atoms with Crippen LogP contribution in [0.5, 0.6) is 0 Å². The number of aliphatic carboxylic acids is 1. The molecule has 3 atom stereocenters. The van der Waals surface area contributed by atoms with E-state index in [1.807, 2.05) is 12.1 Å². The van der Waals surface area contributed by atoms with Crippen molar-refractivity contribution in [3.8, 4) is 0 Å². The van der Waals surface area contributed by atoms with Gasteiger partial charge in [-0.05, 0) is 79.8 Å². The molecule has 2 aromatic carbocycles. The fourth-order valence-corrected chi connectivity index (χ4v) is 8.73. The van der Waals surface area contributed by atoms with Gasteiger partial charge in [-0.3, -0.25) is 9.69 Å². The first-order valence-electron chi connectivity index (χ1n) is 15.5. The van der Waals surface area contributed by atoms with Crippen molar-refractivity contribution in [3.05, 3.63) is 87.6 Å². The quantitative estimate of drug-likeness (QED) is 0.304. The number of carboxylic acid groups (broad SMARTS) is 1. The summed E-state index contributed by atoms with van der Waals surface area (Å²) in [5, 5.41) is 11.4. The molecule has 5 nitrogen and oxygen atoms in total. The summed E-state index contributed by atoms with van der Waals surface area (Å²) in [7, 11) is 0. The third kappa shape index (κ3) is 6.90. The van der Waals surface area contributed by atoms with E-state index < -0.39 is 5.97 Å². The lowest BCUT2D eigenvalue weighted by Gasteiger charge is -2.35. The van der Waals surface area contributed by atoms with Gasteiger partial charge in [0.1, 0.15) is 11.9 Å². The summed E-state index contributed by atoms with van der Waals surface area (Å²) >= 11 is 1.80. The molecule has 3 fully saturated rings. The number of aromatic nitrogens is 1. The zero-order chi connectivity index (χ0) is 28.2. The summed E-state index contributed by atoms with van der Waals surface area (Å²) in [5.41, 5.74) is 2.44. The van der Waals surface area contributed by atoms with Gasteiger partial charge >= 0.3 is 5.97 Å². The third-order valence-electron chi connectivity index (χ3n) is 9.76. The first-order chi connectivity index (χ1) is 20.0. The zero-order valence-electron chi connectivity index (χ0n) is 23.8. The van der Waals surface area contributed by atoms with Crippen LogP contribution in [0.4, 0.5) is 4.39 Å². The van der Waals surface area contributed by atoms with Crippen molar-refractivity contribution < 1.29 is 14.3 Å². The fourth-order valence-electron chi connectivity index (χ4n) is 7.60. The number of carboxylic acids is 1. The molecule has 1 N–H and O–H groups in total. The second-order valence-corrected chi connectivity index (χ2v) is 13.6. The lowest BCUT2D eigenvalue weighted by atomic mass is 9.83. The average molecular weight is 576 g/mol. The van der Waals surface area contributed by atoms with Crippen LogP contribution >= 0.6 is 11.3 Å². The summed E-state index contributed by atoms with van der Waals surface area (Å²) in [6.45, 7) is 4.88. The summed E-state index contributed by atoms with van der Waals surface area (Å²) in [5.74, 6) is 0.790. The smallest absolute Gasteiger partial charge is 0.321 e. The molecular weight excluding hydrogens is 533 g/mol. The molecule has 2 aliphatic heterocycles. The van der Waals surface area contributed by atoms with E-state index in [2.05, 4.69) is 51.3 Å². The van der Waals surface area contributed by atoms with Gasteiger partial charge < -0.3 is 10.0 Å². The van der Waals surface area contributed by atoms with Crippen LogP contribution in [0.25, 0.3) is 0 Å². The van der Waals surface area contributed by atoms with E-state index in [9.17, 15) is 14.3 Å². The molecule has 7 heteroatoms. The number of hydrogen-bond acceptors (Lipinski definition) is 5. The average Bonchev–Trinajstić information content (AvgIpc) is 3.63. The van der Waals surface area contributed by atoms with Crippen molar-refractivity contribution in [2.75, 3.05) is 32.7 Å². The minimum atomic E-state index is -0.631. The monoisotopic (exact) mass is 575 g/mol. The van der Waals surface area contributed by atoms with Crippen molar-refractivity contribution in [1.82, 2.24) is 14.8 Å². The van der Waals surface area contributed by atoms with Crippen molar-refractivity contribution in [3.63, 3.8) is 0 Å². The summed E-state index contributed by atoms with van der Waals surface area (Å²) in [6.07, 6.45) is 10.7. The Labute approximate surface area is 247 Å². The van der Waals surface area contributed by atoms with Crippen molar-refractivity contribution >= 4 is 17.3 Å². The van der Waals surface area contributed by atoms with Crippen LogP contribution in [-0.2, 0) is 11.2 Å². The number of nitrogens with zero attached hydrogens (tertiary/aromatic N) is 3. The predicted molar refractivity (Wildman–Crippen MR) is 162 cm³/mol. The van der Waals surface area contributed by atoms with Crippen LogP contribution in [-0.4, -0.2) is 64.6 Å². The lowest BCUT2D eigenvalue weighted by molar-refractivity contribution is -0.145. The third-order valence-corrected chi connectivity index (χ3v) is 10.9. The highest BCUT2D eigenvalue weighted by atomic mass is 32.1. The number of piperidine rings is 1. The maximum absolute atomic E-state index is 13.3.